The summed E-state index contributed by atoms with van der Waals surface area (Å²) in [6.45, 7) is 9.95. The zero-order valence-electron chi connectivity index (χ0n) is 13.6. The van der Waals surface area contributed by atoms with Gasteiger partial charge in [0.2, 0.25) is 5.91 Å². The van der Waals surface area contributed by atoms with Crippen LogP contribution in [-0.4, -0.2) is 21.7 Å². The third-order valence-corrected chi connectivity index (χ3v) is 5.05. The molecule has 0 fully saturated rings. The lowest BCUT2D eigenvalue weighted by atomic mass is 10.1. The average Bonchev–Trinajstić information content (AvgIpc) is 2.86. The minimum absolute atomic E-state index is 0.0459. The molecule has 0 unspecified atom stereocenters. The van der Waals surface area contributed by atoms with E-state index in [4.69, 9.17) is 0 Å². The van der Waals surface area contributed by atoms with Crippen molar-refractivity contribution in [1.29, 1.82) is 0 Å². The summed E-state index contributed by atoms with van der Waals surface area (Å²) in [5.41, 5.74) is 3.11. The van der Waals surface area contributed by atoms with Crippen LogP contribution in [0.15, 0.2) is 34.0 Å². The second-order valence-corrected chi connectivity index (χ2v) is 8.81. The maximum absolute atomic E-state index is 12.1. The van der Waals surface area contributed by atoms with E-state index in [1.54, 1.807) is 11.3 Å². The highest BCUT2D eigenvalue weighted by Crippen LogP contribution is 2.31. The lowest BCUT2D eigenvalue weighted by molar-refractivity contribution is -0.121. The molecule has 1 aromatic carbocycles. The number of hydrogen-bond donors (Lipinski definition) is 1. The van der Waals surface area contributed by atoms with Crippen molar-refractivity contribution in [3.8, 4) is 11.3 Å². The van der Waals surface area contributed by atoms with Crippen LogP contribution in [0.2, 0.25) is 0 Å². The van der Waals surface area contributed by atoms with E-state index in [0.717, 1.165) is 15.6 Å². The van der Waals surface area contributed by atoms with Crippen molar-refractivity contribution < 1.29 is 4.79 Å². The summed E-state index contributed by atoms with van der Waals surface area (Å²) in [7, 11) is 0. The Hall–Kier alpha value is -1.33. The number of aromatic nitrogens is 1. The van der Waals surface area contributed by atoms with Gasteiger partial charge < -0.3 is 5.32 Å². The number of aryl methyl sites for hydroxylation is 1. The fourth-order valence-corrected chi connectivity index (χ4v) is 3.82. The highest BCUT2D eigenvalue weighted by atomic mass is 32.2. The van der Waals surface area contributed by atoms with E-state index in [9.17, 15) is 4.79 Å². The molecule has 5 heteroatoms. The van der Waals surface area contributed by atoms with Gasteiger partial charge in [0.15, 0.2) is 4.34 Å². The van der Waals surface area contributed by atoms with Crippen molar-refractivity contribution in [3.63, 3.8) is 0 Å². The first kappa shape index (κ1) is 17.0. The lowest BCUT2D eigenvalue weighted by Gasteiger charge is -2.22. The minimum Gasteiger partial charge on any atom is -0.351 e. The molecule has 1 aromatic heterocycles. The normalized spacial score (nSPS) is 13.0. The third-order valence-electron chi connectivity index (χ3n) is 2.98. The number of rotatable bonds is 4. The molecule has 2 aromatic rings. The molecule has 3 nitrogen and oxygen atoms in total. The summed E-state index contributed by atoms with van der Waals surface area (Å²) in [4.78, 5) is 16.8. The Bertz CT molecular complexity index is 641. The van der Waals surface area contributed by atoms with Crippen LogP contribution in [-0.2, 0) is 4.79 Å². The molecule has 0 spiro atoms. The molecule has 0 radical (unpaired) electrons. The summed E-state index contributed by atoms with van der Waals surface area (Å²) in [6, 6.07) is 8.32. The highest BCUT2D eigenvalue weighted by Gasteiger charge is 2.21. The van der Waals surface area contributed by atoms with E-state index in [-0.39, 0.29) is 16.7 Å². The van der Waals surface area contributed by atoms with Crippen molar-refractivity contribution in [1.82, 2.24) is 10.3 Å². The summed E-state index contributed by atoms with van der Waals surface area (Å²) in [6.07, 6.45) is 0. The van der Waals surface area contributed by atoms with Crippen LogP contribution in [0.4, 0.5) is 0 Å². The van der Waals surface area contributed by atoms with Gasteiger partial charge >= 0.3 is 0 Å². The number of nitrogens with one attached hydrogen (secondary N) is 1. The molecule has 0 aliphatic rings. The number of thiazole rings is 1. The Morgan fingerprint density at radius 3 is 2.50 bits per heavy atom. The number of benzene rings is 1. The van der Waals surface area contributed by atoms with E-state index >= 15 is 0 Å². The Labute approximate surface area is 140 Å². The topological polar surface area (TPSA) is 42.0 Å². The standard InChI is InChI=1S/C17H22N2OS2/c1-11-6-8-13(9-7-11)14-10-21-16(18-14)22-12(2)15(20)19-17(3,4)5/h6-10,12H,1-5H3,(H,19,20)/t12-/m1/s1. The van der Waals surface area contributed by atoms with E-state index < -0.39 is 0 Å². The van der Waals surface area contributed by atoms with Crippen molar-refractivity contribution in [2.75, 3.05) is 0 Å². The van der Waals surface area contributed by atoms with Gasteiger partial charge in [0.05, 0.1) is 10.9 Å². The molecule has 118 valence electrons. The molecule has 1 heterocycles. The summed E-state index contributed by atoms with van der Waals surface area (Å²) < 4.78 is 0.923. The Morgan fingerprint density at radius 2 is 1.91 bits per heavy atom. The molecular weight excluding hydrogens is 312 g/mol. The summed E-state index contributed by atoms with van der Waals surface area (Å²) >= 11 is 3.09. The van der Waals surface area contributed by atoms with Crippen LogP contribution in [0.3, 0.4) is 0 Å². The fraction of sp³-hybridized carbons (Fsp3) is 0.412. The number of carbonyl (C=O) groups excluding carboxylic acids is 1. The van der Waals surface area contributed by atoms with Gasteiger partial charge in [0.1, 0.15) is 0 Å². The number of nitrogens with zero attached hydrogens (tertiary/aromatic N) is 1. The first-order valence-corrected chi connectivity index (χ1v) is 9.02. The predicted octanol–water partition coefficient (Wildman–Crippen LogP) is 4.51. The zero-order valence-corrected chi connectivity index (χ0v) is 15.3. The second kappa shape index (κ2) is 6.84. The Morgan fingerprint density at radius 1 is 1.27 bits per heavy atom. The number of amides is 1. The van der Waals surface area contributed by atoms with Gasteiger partial charge in [-0.25, -0.2) is 4.98 Å². The summed E-state index contributed by atoms with van der Waals surface area (Å²) in [5.74, 6) is 0.0459. The first-order valence-electron chi connectivity index (χ1n) is 7.26. The van der Waals surface area contributed by atoms with Gasteiger partial charge in [0, 0.05) is 16.5 Å². The molecule has 0 saturated heterocycles. The monoisotopic (exact) mass is 334 g/mol. The van der Waals surface area contributed by atoms with Crippen molar-refractivity contribution in [3.05, 3.63) is 35.2 Å². The van der Waals surface area contributed by atoms with Gasteiger partial charge in [-0.2, -0.15) is 0 Å². The predicted molar refractivity (Wildman–Crippen MR) is 95.5 cm³/mol. The van der Waals surface area contributed by atoms with Crippen LogP contribution < -0.4 is 5.32 Å². The van der Waals surface area contributed by atoms with E-state index in [0.29, 0.717) is 0 Å². The molecule has 1 N–H and O–H groups in total. The van der Waals surface area contributed by atoms with E-state index in [1.165, 1.54) is 17.3 Å². The van der Waals surface area contributed by atoms with Crippen LogP contribution >= 0.6 is 23.1 Å². The van der Waals surface area contributed by atoms with Crippen molar-refractivity contribution in [2.24, 2.45) is 0 Å². The molecular formula is C17H22N2OS2. The molecule has 0 bridgehead atoms. The number of thioether (sulfide) groups is 1. The maximum atomic E-state index is 12.1. The fourth-order valence-electron chi connectivity index (χ4n) is 1.84. The largest absolute Gasteiger partial charge is 0.351 e. The molecule has 1 amide bonds. The first-order chi connectivity index (χ1) is 10.2. The average molecular weight is 335 g/mol. The van der Waals surface area contributed by atoms with E-state index in [2.05, 4.69) is 41.5 Å². The van der Waals surface area contributed by atoms with Gasteiger partial charge in [0.25, 0.3) is 0 Å². The van der Waals surface area contributed by atoms with Crippen molar-refractivity contribution >= 4 is 29.0 Å². The van der Waals surface area contributed by atoms with E-state index in [1.807, 2.05) is 33.1 Å². The van der Waals surface area contributed by atoms with Gasteiger partial charge in [-0.15, -0.1) is 11.3 Å². The Kier molecular flexibility index (Phi) is 5.29. The molecule has 2 rings (SSSR count). The second-order valence-electron chi connectivity index (χ2n) is 6.36. The maximum Gasteiger partial charge on any atom is 0.233 e. The van der Waals surface area contributed by atoms with Crippen LogP contribution in [0.5, 0.6) is 0 Å². The minimum atomic E-state index is -0.207. The van der Waals surface area contributed by atoms with Gasteiger partial charge in [-0.1, -0.05) is 41.6 Å². The van der Waals surface area contributed by atoms with Crippen LogP contribution in [0.25, 0.3) is 11.3 Å². The highest BCUT2D eigenvalue weighted by molar-refractivity contribution is 8.02. The smallest absolute Gasteiger partial charge is 0.233 e. The molecule has 22 heavy (non-hydrogen) atoms. The van der Waals surface area contributed by atoms with Crippen LogP contribution in [0, 0.1) is 6.92 Å². The third kappa shape index (κ3) is 4.85. The molecule has 1 atom stereocenters. The van der Waals surface area contributed by atoms with Crippen LogP contribution in [0.1, 0.15) is 33.3 Å². The number of hydrogen-bond acceptors (Lipinski definition) is 4. The molecule has 0 aliphatic heterocycles. The van der Waals surface area contributed by atoms with Crippen molar-refractivity contribution in [2.45, 2.75) is 49.7 Å². The Balaban J connectivity index is 2.03. The van der Waals surface area contributed by atoms with Gasteiger partial charge in [-0.05, 0) is 34.6 Å². The SMILES string of the molecule is Cc1ccc(-c2csc(S[C@H](C)C(=O)NC(C)(C)C)n2)cc1. The van der Waals surface area contributed by atoms with Gasteiger partial charge in [-0.3, -0.25) is 4.79 Å². The summed E-state index contributed by atoms with van der Waals surface area (Å²) in [5, 5.41) is 4.89. The molecule has 0 saturated carbocycles. The number of carbonyl (C=O) groups is 1. The quantitative estimate of drug-likeness (QED) is 0.836. The lowest BCUT2D eigenvalue weighted by Crippen LogP contribution is -2.44. The zero-order chi connectivity index (χ0) is 16.3. The molecule has 0 aliphatic carbocycles.